The number of halogens is 2. The maximum absolute atomic E-state index is 14.9. The molecule has 0 unspecified atom stereocenters. The molecule has 0 aliphatic heterocycles. The van der Waals surface area contributed by atoms with Crippen LogP contribution in [0.5, 0.6) is 0 Å². The summed E-state index contributed by atoms with van der Waals surface area (Å²) in [6.45, 7) is 2.98. The van der Waals surface area contributed by atoms with Crippen molar-refractivity contribution in [2.75, 3.05) is 0 Å². The fourth-order valence-electron chi connectivity index (χ4n) is 3.42. The maximum atomic E-state index is 14.9. The van der Waals surface area contributed by atoms with Crippen LogP contribution in [0, 0.1) is 11.6 Å². The lowest BCUT2D eigenvalue weighted by atomic mass is 9.99. The number of imidazole rings is 1. The average molecular weight is 408 g/mol. The number of primary amides is 1. The van der Waals surface area contributed by atoms with E-state index in [4.69, 9.17) is 5.73 Å². The minimum Gasteiger partial charge on any atom is -0.386 e. The van der Waals surface area contributed by atoms with E-state index >= 15 is 0 Å². The van der Waals surface area contributed by atoms with E-state index in [1.54, 1.807) is 18.3 Å². The minimum absolute atomic E-state index is 0.00355. The zero-order valence-corrected chi connectivity index (χ0v) is 16.2. The van der Waals surface area contributed by atoms with Crippen molar-refractivity contribution in [2.24, 2.45) is 5.73 Å². The van der Waals surface area contributed by atoms with Gasteiger partial charge in [-0.15, -0.1) is 0 Å². The molecule has 3 heterocycles. The smallest absolute Gasteiger partial charge is 0.249 e. The van der Waals surface area contributed by atoms with Crippen molar-refractivity contribution in [1.82, 2.24) is 14.4 Å². The van der Waals surface area contributed by atoms with E-state index in [9.17, 15) is 18.7 Å². The van der Waals surface area contributed by atoms with Gasteiger partial charge in [-0.05, 0) is 44.2 Å². The molecule has 0 fully saturated rings. The number of aliphatic hydroxyl groups is 1. The first-order valence-corrected chi connectivity index (χ1v) is 9.12. The quantitative estimate of drug-likeness (QED) is 0.539. The first kappa shape index (κ1) is 19.7. The molecular formula is C22H18F2N4O2. The molecule has 0 saturated carbocycles. The Morgan fingerprint density at radius 3 is 2.63 bits per heavy atom. The summed E-state index contributed by atoms with van der Waals surface area (Å²) in [6.07, 6.45) is 4.54. The molecule has 1 amide bonds. The summed E-state index contributed by atoms with van der Waals surface area (Å²) in [5.41, 5.74) is 5.53. The fourth-order valence-corrected chi connectivity index (χ4v) is 3.42. The summed E-state index contributed by atoms with van der Waals surface area (Å²) in [5.74, 6) is -2.03. The minimum atomic E-state index is -1.36. The molecule has 1 aromatic carbocycles. The molecular weight excluding hydrogens is 390 g/mol. The van der Waals surface area contributed by atoms with Crippen molar-refractivity contribution in [2.45, 2.75) is 19.4 Å². The van der Waals surface area contributed by atoms with Gasteiger partial charge in [0.25, 0.3) is 0 Å². The number of fused-ring (bicyclic) bond motifs is 1. The second-order valence-corrected chi connectivity index (χ2v) is 7.40. The number of nitrogens with zero attached hydrogens (tertiary/aromatic N) is 3. The van der Waals surface area contributed by atoms with Crippen molar-refractivity contribution in [3.63, 3.8) is 0 Å². The highest BCUT2D eigenvalue weighted by atomic mass is 19.1. The topological polar surface area (TPSA) is 93.5 Å². The largest absolute Gasteiger partial charge is 0.386 e. The van der Waals surface area contributed by atoms with Gasteiger partial charge in [-0.1, -0.05) is 6.07 Å². The van der Waals surface area contributed by atoms with Gasteiger partial charge in [0.1, 0.15) is 5.82 Å². The molecule has 0 saturated heterocycles. The van der Waals surface area contributed by atoms with Gasteiger partial charge in [0.15, 0.2) is 11.5 Å². The van der Waals surface area contributed by atoms with Crippen molar-refractivity contribution in [3.05, 3.63) is 77.8 Å². The number of carbonyl (C=O) groups excluding carboxylic acids is 1. The Labute approximate surface area is 170 Å². The molecule has 3 aromatic heterocycles. The van der Waals surface area contributed by atoms with Gasteiger partial charge in [0.2, 0.25) is 5.91 Å². The molecule has 152 valence electrons. The van der Waals surface area contributed by atoms with Gasteiger partial charge in [0, 0.05) is 29.1 Å². The van der Waals surface area contributed by atoms with Crippen LogP contribution in [0.3, 0.4) is 0 Å². The number of nitrogens with two attached hydrogens (primary N) is 1. The molecule has 4 rings (SSSR count). The van der Waals surface area contributed by atoms with E-state index in [2.05, 4.69) is 9.97 Å². The van der Waals surface area contributed by atoms with Gasteiger partial charge in [-0.3, -0.25) is 14.2 Å². The van der Waals surface area contributed by atoms with Crippen molar-refractivity contribution in [1.29, 1.82) is 0 Å². The van der Waals surface area contributed by atoms with E-state index < -0.39 is 23.1 Å². The highest BCUT2D eigenvalue weighted by Crippen LogP contribution is 2.31. The number of hydrogen-bond donors (Lipinski definition) is 2. The SMILES string of the molecule is CC(C)(O)c1ccn2c(-c3ccnc(-c4c(F)cccc4C(N)=O)c3)cnc2c1F. The highest BCUT2D eigenvalue weighted by Gasteiger charge is 2.24. The van der Waals surface area contributed by atoms with Gasteiger partial charge in [-0.2, -0.15) is 0 Å². The Morgan fingerprint density at radius 2 is 1.93 bits per heavy atom. The number of carbonyl (C=O) groups is 1. The summed E-state index contributed by atoms with van der Waals surface area (Å²) < 4.78 is 30.9. The van der Waals surface area contributed by atoms with Crippen molar-refractivity contribution >= 4 is 11.6 Å². The number of amides is 1. The van der Waals surface area contributed by atoms with Gasteiger partial charge in [-0.25, -0.2) is 13.8 Å². The lowest BCUT2D eigenvalue weighted by molar-refractivity contribution is 0.0746. The van der Waals surface area contributed by atoms with E-state index in [1.165, 1.54) is 54.9 Å². The molecule has 8 heteroatoms. The lowest BCUT2D eigenvalue weighted by Crippen LogP contribution is -2.18. The summed E-state index contributed by atoms with van der Waals surface area (Å²) in [5, 5.41) is 10.2. The Morgan fingerprint density at radius 1 is 1.17 bits per heavy atom. The molecule has 30 heavy (non-hydrogen) atoms. The molecule has 6 nitrogen and oxygen atoms in total. The Hall–Kier alpha value is -3.65. The van der Waals surface area contributed by atoms with Crippen LogP contribution in [0.25, 0.3) is 28.2 Å². The highest BCUT2D eigenvalue weighted by molar-refractivity contribution is 5.99. The number of pyridine rings is 2. The Kier molecular flexibility index (Phi) is 4.58. The summed E-state index contributed by atoms with van der Waals surface area (Å²) in [4.78, 5) is 20.1. The van der Waals surface area contributed by atoms with Crippen LogP contribution in [0.2, 0.25) is 0 Å². The van der Waals surface area contributed by atoms with Crippen LogP contribution in [-0.2, 0) is 5.60 Å². The lowest BCUT2D eigenvalue weighted by Gasteiger charge is -2.18. The Bertz CT molecular complexity index is 1290. The molecule has 3 N–H and O–H groups in total. The van der Waals surface area contributed by atoms with E-state index in [1.807, 2.05) is 0 Å². The third-order valence-corrected chi connectivity index (χ3v) is 4.87. The molecule has 0 aliphatic rings. The van der Waals surface area contributed by atoms with Crippen LogP contribution in [0.4, 0.5) is 8.78 Å². The van der Waals surface area contributed by atoms with Crippen molar-refractivity contribution < 1.29 is 18.7 Å². The maximum Gasteiger partial charge on any atom is 0.249 e. The number of benzene rings is 1. The zero-order chi connectivity index (χ0) is 21.6. The molecule has 0 aliphatic carbocycles. The van der Waals surface area contributed by atoms with E-state index in [-0.39, 0.29) is 28.0 Å². The Balaban J connectivity index is 1.88. The van der Waals surface area contributed by atoms with Gasteiger partial charge < -0.3 is 10.8 Å². The van der Waals surface area contributed by atoms with Crippen LogP contribution in [-0.4, -0.2) is 25.4 Å². The first-order chi connectivity index (χ1) is 14.2. The van der Waals surface area contributed by atoms with E-state index in [0.717, 1.165) is 0 Å². The third-order valence-electron chi connectivity index (χ3n) is 4.87. The summed E-state index contributed by atoms with van der Waals surface area (Å²) in [6, 6.07) is 8.78. The number of rotatable bonds is 4. The van der Waals surface area contributed by atoms with Crippen LogP contribution >= 0.6 is 0 Å². The number of aromatic nitrogens is 3. The zero-order valence-electron chi connectivity index (χ0n) is 16.2. The first-order valence-electron chi connectivity index (χ1n) is 9.12. The average Bonchev–Trinajstić information content (AvgIpc) is 3.12. The molecule has 0 radical (unpaired) electrons. The third kappa shape index (κ3) is 3.21. The summed E-state index contributed by atoms with van der Waals surface area (Å²) >= 11 is 0. The monoisotopic (exact) mass is 408 g/mol. The second-order valence-electron chi connectivity index (χ2n) is 7.40. The standard InChI is InChI=1S/C22H18F2N4O2/c1-22(2,30)14-7-9-28-17(11-27-21(28)19(14)24)12-6-8-26-16(10-12)18-13(20(25)29)4-3-5-15(18)23/h3-11,30H,1-2H3,(H2,25,29). The van der Waals surface area contributed by atoms with Crippen LogP contribution in [0.15, 0.2) is 55.0 Å². The molecule has 0 bridgehead atoms. The predicted molar refractivity (Wildman–Crippen MR) is 108 cm³/mol. The summed E-state index contributed by atoms with van der Waals surface area (Å²) in [7, 11) is 0. The second kappa shape index (κ2) is 7.00. The number of hydrogen-bond acceptors (Lipinski definition) is 4. The molecule has 0 atom stereocenters. The van der Waals surface area contributed by atoms with E-state index in [0.29, 0.717) is 11.3 Å². The predicted octanol–water partition coefficient (Wildman–Crippen LogP) is 3.67. The van der Waals surface area contributed by atoms with Crippen LogP contribution < -0.4 is 5.73 Å². The van der Waals surface area contributed by atoms with Gasteiger partial charge in [0.05, 0.1) is 28.7 Å². The van der Waals surface area contributed by atoms with Gasteiger partial charge >= 0.3 is 0 Å². The molecule has 0 spiro atoms. The molecule has 4 aromatic rings. The van der Waals surface area contributed by atoms with Crippen molar-refractivity contribution in [3.8, 4) is 22.5 Å². The van der Waals surface area contributed by atoms with Crippen LogP contribution in [0.1, 0.15) is 29.8 Å². The normalized spacial score (nSPS) is 11.8. The fraction of sp³-hybridized carbons (Fsp3) is 0.136.